The van der Waals surface area contributed by atoms with Crippen molar-refractivity contribution >= 4 is 11.9 Å². The molecule has 1 atom stereocenters. The van der Waals surface area contributed by atoms with Gasteiger partial charge in [-0.15, -0.1) is 0 Å². The van der Waals surface area contributed by atoms with Crippen molar-refractivity contribution in [3.8, 4) is 0 Å². The van der Waals surface area contributed by atoms with Crippen LogP contribution < -0.4 is 5.32 Å². The van der Waals surface area contributed by atoms with E-state index in [2.05, 4.69) is 26.1 Å². The van der Waals surface area contributed by atoms with Crippen molar-refractivity contribution in [2.75, 3.05) is 32.7 Å². The minimum atomic E-state index is 0.107. The Hall–Kier alpha value is -1.26. The van der Waals surface area contributed by atoms with Gasteiger partial charge < -0.3 is 15.1 Å². The van der Waals surface area contributed by atoms with Crippen molar-refractivity contribution in [1.82, 2.24) is 15.1 Å². The van der Waals surface area contributed by atoms with Gasteiger partial charge in [0.1, 0.15) is 0 Å². The molecule has 0 aromatic carbocycles. The second kappa shape index (κ2) is 8.91. The number of rotatable bonds is 3. The number of likely N-dealkylation sites (tertiary alicyclic amines) is 2. The molecule has 0 aromatic heterocycles. The highest BCUT2D eigenvalue weighted by atomic mass is 16.2. The van der Waals surface area contributed by atoms with E-state index >= 15 is 0 Å². The molecule has 0 aromatic rings. The van der Waals surface area contributed by atoms with Crippen LogP contribution in [0.4, 0.5) is 4.79 Å². The van der Waals surface area contributed by atoms with E-state index in [4.69, 9.17) is 0 Å². The zero-order chi connectivity index (χ0) is 18.4. The molecule has 2 fully saturated rings. The summed E-state index contributed by atoms with van der Waals surface area (Å²) in [5.41, 5.74) is 0.335. The normalized spacial score (nSPS) is 23.3. The van der Waals surface area contributed by atoms with Crippen LogP contribution in [0.1, 0.15) is 66.2 Å². The quantitative estimate of drug-likeness (QED) is 0.846. The first kappa shape index (κ1) is 20.1. The Bertz CT molecular complexity index is 450. The summed E-state index contributed by atoms with van der Waals surface area (Å²) in [5.74, 6) is 1.52. The molecular formula is C20H37N3O2. The summed E-state index contributed by atoms with van der Waals surface area (Å²) >= 11 is 0. The van der Waals surface area contributed by atoms with E-state index in [9.17, 15) is 9.59 Å². The van der Waals surface area contributed by atoms with Crippen LogP contribution in [0.2, 0.25) is 0 Å². The number of urea groups is 1. The second-order valence-corrected chi connectivity index (χ2v) is 8.95. The minimum Gasteiger partial charge on any atom is -0.343 e. The summed E-state index contributed by atoms with van der Waals surface area (Å²) in [4.78, 5) is 27.7. The first-order chi connectivity index (χ1) is 11.8. The molecule has 0 bridgehead atoms. The van der Waals surface area contributed by atoms with Gasteiger partial charge in [-0.25, -0.2) is 4.79 Å². The Balaban J connectivity index is 1.66. The standard InChI is InChI=1S/C20H37N3O2/c1-16(24)22-13-8-17(9-14-22)7-11-21-19(25)23-12-5-6-18(10-15-23)20(2,3)4/h17-18H,5-15H2,1-4H3,(H,21,25). The first-order valence-electron chi connectivity index (χ1n) is 10.1. The Kier molecular flexibility index (Phi) is 7.14. The summed E-state index contributed by atoms with van der Waals surface area (Å²) in [5, 5.41) is 3.12. The van der Waals surface area contributed by atoms with Gasteiger partial charge in [-0.3, -0.25) is 4.79 Å². The fraction of sp³-hybridized carbons (Fsp3) is 0.900. The van der Waals surface area contributed by atoms with Gasteiger partial charge in [0.05, 0.1) is 0 Å². The third-order valence-electron chi connectivity index (χ3n) is 6.13. The molecule has 1 unspecified atom stereocenters. The van der Waals surface area contributed by atoms with Crippen LogP contribution in [0.3, 0.4) is 0 Å². The van der Waals surface area contributed by atoms with E-state index in [1.54, 1.807) is 6.92 Å². The maximum absolute atomic E-state index is 12.5. The van der Waals surface area contributed by atoms with E-state index in [0.717, 1.165) is 64.8 Å². The van der Waals surface area contributed by atoms with Gasteiger partial charge in [-0.1, -0.05) is 20.8 Å². The Labute approximate surface area is 153 Å². The molecule has 2 rings (SSSR count). The van der Waals surface area contributed by atoms with Crippen LogP contribution in [-0.4, -0.2) is 54.5 Å². The highest BCUT2D eigenvalue weighted by Crippen LogP contribution is 2.34. The maximum Gasteiger partial charge on any atom is 0.317 e. The van der Waals surface area contributed by atoms with Gasteiger partial charge in [0.25, 0.3) is 0 Å². The molecule has 25 heavy (non-hydrogen) atoms. The van der Waals surface area contributed by atoms with E-state index < -0.39 is 0 Å². The number of hydrogen-bond acceptors (Lipinski definition) is 2. The molecule has 2 aliphatic rings. The van der Waals surface area contributed by atoms with E-state index in [0.29, 0.717) is 17.3 Å². The molecule has 2 heterocycles. The third kappa shape index (κ3) is 6.19. The lowest BCUT2D eigenvalue weighted by atomic mass is 9.77. The zero-order valence-corrected chi connectivity index (χ0v) is 16.6. The Morgan fingerprint density at radius 3 is 2.20 bits per heavy atom. The average Bonchev–Trinajstić information content (AvgIpc) is 2.81. The molecule has 144 valence electrons. The van der Waals surface area contributed by atoms with Crippen LogP contribution >= 0.6 is 0 Å². The van der Waals surface area contributed by atoms with Gasteiger partial charge in [0, 0.05) is 39.6 Å². The predicted molar refractivity (Wildman–Crippen MR) is 101 cm³/mol. The lowest BCUT2D eigenvalue weighted by Crippen LogP contribution is -2.42. The van der Waals surface area contributed by atoms with Crippen LogP contribution in [0.15, 0.2) is 0 Å². The van der Waals surface area contributed by atoms with Crippen LogP contribution in [0.25, 0.3) is 0 Å². The zero-order valence-electron chi connectivity index (χ0n) is 16.6. The molecule has 2 aliphatic heterocycles. The summed E-state index contributed by atoms with van der Waals surface area (Å²) in [6.07, 6.45) is 6.59. The monoisotopic (exact) mass is 351 g/mol. The molecule has 0 radical (unpaired) electrons. The fourth-order valence-electron chi connectivity index (χ4n) is 4.20. The number of carbonyl (C=O) groups is 2. The number of amides is 3. The Morgan fingerprint density at radius 1 is 0.960 bits per heavy atom. The minimum absolute atomic E-state index is 0.107. The smallest absolute Gasteiger partial charge is 0.317 e. The highest BCUT2D eigenvalue weighted by molar-refractivity contribution is 5.74. The summed E-state index contributed by atoms with van der Waals surface area (Å²) < 4.78 is 0. The van der Waals surface area contributed by atoms with Crippen molar-refractivity contribution in [1.29, 1.82) is 0 Å². The third-order valence-corrected chi connectivity index (χ3v) is 6.13. The molecule has 1 N–H and O–H groups in total. The van der Waals surface area contributed by atoms with E-state index in [-0.39, 0.29) is 11.9 Å². The molecular weight excluding hydrogens is 314 g/mol. The largest absolute Gasteiger partial charge is 0.343 e. The summed E-state index contributed by atoms with van der Waals surface area (Å²) in [7, 11) is 0. The van der Waals surface area contributed by atoms with Crippen molar-refractivity contribution < 1.29 is 9.59 Å². The van der Waals surface area contributed by atoms with Gasteiger partial charge in [-0.05, 0) is 55.8 Å². The van der Waals surface area contributed by atoms with Gasteiger partial charge in [-0.2, -0.15) is 0 Å². The molecule has 0 spiro atoms. The number of hydrogen-bond donors (Lipinski definition) is 1. The van der Waals surface area contributed by atoms with Crippen molar-refractivity contribution in [3.63, 3.8) is 0 Å². The van der Waals surface area contributed by atoms with E-state index in [1.165, 1.54) is 6.42 Å². The van der Waals surface area contributed by atoms with Crippen LogP contribution in [0, 0.1) is 17.3 Å². The second-order valence-electron chi connectivity index (χ2n) is 8.95. The van der Waals surface area contributed by atoms with Crippen molar-refractivity contribution in [3.05, 3.63) is 0 Å². The first-order valence-corrected chi connectivity index (χ1v) is 10.1. The lowest BCUT2D eigenvalue weighted by molar-refractivity contribution is -0.130. The maximum atomic E-state index is 12.5. The average molecular weight is 352 g/mol. The highest BCUT2D eigenvalue weighted by Gasteiger charge is 2.28. The molecule has 2 saturated heterocycles. The Morgan fingerprint density at radius 2 is 1.60 bits per heavy atom. The number of piperidine rings is 1. The topological polar surface area (TPSA) is 52.7 Å². The molecule has 5 heteroatoms. The number of nitrogens with one attached hydrogen (secondary N) is 1. The van der Waals surface area contributed by atoms with Crippen molar-refractivity contribution in [2.24, 2.45) is 17.3 Å². The van der Waals surface area contributed by atoms with Gasteiger partial charge >= 0.3 is 6.03 Å². The molecule has 3 amide bonds. The SMILES string of the molecule is CC(=O)N1CCC(CCNC(=O)N2CCCC(C(C)(C)C)CC2)CC1. The molecule has 0 aliphatic carbocycles. The molecule has 0 saturated carbocycles. The van der Waals surface area contributed by atoms with Crippen LogP contribution in [-0.2, 0) is 4.79 Å². The number of nitrogens with zero attached hydrogens (tertiary/aromatic N) is 2. The van der Waals surface area contributed by atoms with Gasteiger partial charge in [0.15, 0.2) is 0 Å². The fourth-order valence-corrected chi connectivity index (χ4v) is 4.20. The number of carbonyl (C=O) groups excluding carboxylic acids is 2. The summed E-state index contributed by atoms with van der Waals surface area (Å²) in [6.45, 7) is 12.8. The van der Waals surface area contributed by atoms with Gasteiger partial charge in [0.2, 0.25) is 5.91 Å². The lowest BCUT2D eigenvalue weighted by Gasteiger charge is -2.31. The van der Waals surface area contributed by atoms with Crippen LogP contribution in [0.5, 0.6) is 0 Å². The predicted octanol–water partition coefficient (Wildman–Crippen LogP) is 3.49. The molecule has 5 nitrogen and oxygen atoms in total. The van der Waals surface area contributed by atoms with Crippen molar-refractivity contribution in [2.45, 2.75) is 66.2 Å². The summed E-state index contributed by atoms with van der Waals surface area (Å²) in [6, 6.07) is 0.107. The van der Waals surface area contributed by atoms with E-state index in [1.807, 2.05) is 9.80 Å².